The van der Waals surface area contributed by atoms with E-state index in [1.165, 1.54) is 6.20 Å². The number of aromatic nitrogens is 2. The number of nitrogens with zero attached hydrogens (tertiary/aromatic N) is 3. The van der Waals surface area contributed by atoms with Gasteiger partial charge in [-0.05, 0) is 35.0 Å². The van der Waals surface area contributed by atoms with Gasteiger partial charge in [-0.1, -0.05) is 24.3 Å². The molecular formula is C20H17N3O2S2. The van der Waals surface area contributed by atoms with Crippen LogP contribution in [0, 0.1) is 0 Å². The number of carbonyl (C=O) groups excluding carboxylic acids is 1. The van der Waals surface area contributed by atoms with Gasteiger partial charge in [0.15, 0.2) is 0 Å². The highest BCUT2D eigenvalue weighted by Gasteiger charge is 2.17. The van der Waals surface area contributed by atoms with Crippen LogP contribution in [0.3, 0.4) is 0 Å². The molecule has 0 aliphatic heterocycles. The fraction of sp³-hybridized carbons (Fsp3) is 0.150. The third-order valence-corrected chi connectivity index (χ3v) is 5.98. The second kappa shape index (κ2) is 7.85. The highest BCUT2D eigenvalue weighted by molar-refractivity contribution is 7.10. The van der Waals surface area contributed by atoms with Crippen molar-refractivity contribution in [1.82, 2.24) is 14.7 Å². The fourth-order valence-electron chi connectivity index (χ4n) is 2.93. The molecule has 0 atom stereocenters. The second-order valence-electron chi connectivity index (χ2n) is 6.09. The van der Waals surface area contributed by atoms with E-state index in [-0.39, 0.29) is 17.9 Å². The number of benzene rings is 1. The van der Waals surface area contributed by atoms with Gasteiger partial charge in [-0.3, -0.25) is 14.3 Å². The maximum atomic E-state index is 13.1. The zero-order valence-corrected chi connectivity index (χ0v) is 16.1. The minimum Gasteiger partial charge on any atom is -0.331 e. The van der Waals surface area contributed by atoms with E-state index in [4.69, 9.17) is 0 Å². The third kappa shape index (κ3) is 3.99. The molecule has 0 unspecified atom stereocenters. The maximum Gasteiger partial charge on any atom is 0.244 e. The predicted octanol–water partition coefficient (Wildman–Crippen LogP) is 3.75. The van der Waals surface area contributed by atoms with Gasteiger partial charge < -0.3 is 4.90 Å². The lowest BCUT2D eigenvalue weighted by atomic mass is 10.2. The van der Waals surface area contributed by atoms with E-state index < -0.39 is 0 Å². The molecule has 5 nitrogen and oxygen atoms in total. The van der Waals surface area contributed by atoms with Crippen LogP contribution in [0.15, 0.2) is 70.3 Å². The Labute approximate surface area is 164 Å². The van der Waals surface area contributed by atoms with Gasteiger partial charge in [-0.15, -0.1) is 22.7 Å². The SMILES string of the molecule is O=C(Cn1ncc(=O)c2ccccc21)N(Cc1cccs1)Cc1cccs1. The molecular weight excluding hydrogens is 378 g/mol. The molecule has 0 bridgehead atoms. The molecule has 3 aromatic heterocycles. The van der Waals surface area contributed by atoms with Gasteiger partial charge in [0, 0.05) is 15.1 Å². The molecule has 27 heavy (non-hydrogen) atoms. The van der Waals surface area contributed by atoms with Crippen LogP contribution in [0.2, 0.25) is 0 Å². The number of rotatable bonds is 6. The Bertz CT molecular complexity index is 1070. The number of thiophene rings is 2. The van der Waals surface area contributed by atoms with Crippen molar-refractivity contribution in [2.75, 3.05) is 0 Å². The summed E-state index contributed by atoms with van der Waals surface area (Å²) in [6.45, 7) is 1.22. The Balaban J connectivity index is 1.61. The zero-order valence-electron chi connectivity index (χ0n) is 14.4. The molecule has 1 amide bonds. The first kappa shape index (κ1) is 17.6. The maximum absolute atomic E-state index is 13.1. The van der Waals surface area contributed by atoms with Gasteiger partial charge in [0.05, 0.1) is 24.8 Å². The summed E-state index contributed by atoms with van der Waals surface area (Å²) in [5.74, 6) is -0.0295. The molecule has 4 rings (SSSR count). The Hall–Kier alpha value is -2.77. The minimum absolute atomic E-state index is 0.0295. The van der Waals surface area contributed by atoms with Crippen molar-refractivity contribution in [3.63, 3.8) is 0 Å². The van der Waals surface area contributed by atoms with Gasteiger partial charge in [-0.2, -0.15) is 5.10 Å². The van der Waals surface area contributed by atoms with Crippen molar-refractivity contribution in [1.29, 1.82) is 0 Å². The molecule has 4 aromatic rings. The molecule has 1 aromatic carbocycles. The average molecular weight is 396 g/mol. The van der Waals surface area contributed by atoms with E-state index in [9.17, 15) is 9.59 Å². The zero-order chi connectivity index (χ0) is 18.6. The Morgan fingerprint density at radius 2 is 1.63 bits per heavy atom. The molecule has 136 valence electrons. The van der Waals surface area contributed by atoms with Gasteiger partial charge in [0.25, 0.3) is 0 Å². The molecule has 0 fully saturated rings. The lowest BCUT2D eigenvalue weighted by Crippen LogP contribution is -2.33. The number of carbonyl (C=O) groups is 1. The van der Waals surface area contributed by atoms with Gasteiger partial charge in [-0.25, -0.2) is 0 Å². The normalized spacial score (nSPS) is 11.0. The molecule has 0 saturated carbocycles. The van der Waals surface area contributed by atoms with Crippen molar-refractivity contribution in [3.05, 3.63) is 85.5 Å². The van der Waals surface area contributed by atoms with Crippen molar-refractivity contribution in [3.8, 4) is 0 Å². The first-order valence-corrected chi connectivity index (χ1v) is 10.2. The molecule has 0 saturated heterocycles. The van der Waals surface area contributed by atoms with Crippen molar-refractivity contribution in [2.24, 2.45) is 0 Å². The van der Waals surface area contributed by atoms with Crippen molar-refractivity contribution < 1.29 is 4.79 Å². The highest BCUT2D eigenvalue weighted by atomic mass is 32.1. The van der Waals surface area contributed by atoms with E-state index in [0.29, 0.717) is 24.0 Å². The summed E-state index contributed by atoms with van der Waals surface area (Å²) in [5.41, 5.74) is 0.536. The van der Waals surface area contributed by atoms with Crippen molar-refractivity contribution >= 4 is 39.5 Å². The Morgan fingerprint density at radius 3 is 2.26 bits per heavy atom. The summed E-state index contributed by atoms with van der Waals surface area (Å²) in [4.78, 5) is 29.2. The molecule has 0 N–H and O–H groups in total. The average Bonchev–Trinajstić information content (AvgIpc) is 3.38. The predicted molar refractivity (Wildman–Crippen MR) is 109 cm³/mol. The van der Waals surface area contributed by atoms with Crippen LogP contribution >= 0.6 is 22.7 Å². The largest absolute Gasteiger partial charge is 0.331 e. The van der Waals surface area contributed by atoms with Crippen LogP contribution in [-0.4, -0.2) is 20.6 Å². The van der Waals surface area contributed by atoms with E-state index in [1.54, 1.807) is 33.4 Å². The summed E-state index contributed by atoms with van der Waals surface area (Å²) in [5, 5.41) is 8.78. The van der Waals surface area contributed by atoms with Gasteiger partial charge >= 0.3 is 0 Å². The molecule has 0 radical (unpaired) electrons. The molecule has 0 aliphatic rings. The van der Waals surface area contributed by atoms with E-state index >= 15 is 0 Å². The van der Waals surface area contributed by atoms with Crippen LogP contribution in [-0.2, 0) is 24.4 Å². The molecule has 3 heterocycles. The van der Waals surface area contributed by atoms with Gasteiger partial charge in [0.1, 0.15) is 6.54 Å². The van der Waals surface area contributed by atoms with Crippen LogP contribution in [0.4, 0.5) is 0 Å². The summed E-state index contributed by atoms with van der Waals surface area (Å²) in [6, 6.07) is 15.3. The van der Waals surface area contributed by atoms with E-state index in [1.807, 2.05) is 58.1 Å². The number of hydrogen-bond acceptors (Lipinski definition) is 5. The van der Waals surface area contributed by atoms with Crippen LogP contribution < -0.4 is 5.43 Å². The lowest BCUT2D eigenvalue weighted by molar-refractivity contribution is -0.133. The number of amides is 1. The molecule has 0 aliphatic carbocycles. The summed E-state index contributed by atoms with van der Waals surface area (Å²) in [6.07, 6.45) is 1.28. The number of hydrogen-bond donors (Lipinski definition) is 0. The molecule has 7 heteroatoms. The number of fused-ring (bicyclic) bond motifs is 1. The number of para-hydroxylation sites is 1. The standard InChI is InChI=1S/C20H17N3O2S2/c24-19-11-21-23(18-8-2-1-7-17(18)19)14-20(25)22(12-15-5-3-9-26-15)13-16-6-4-10-27-16/h1-11H,12-14H2. The fourth-order valence-corrected chi connectivity index (χ4v) is 4.37. The van der Waals surface area contributed by atoms with Crippen LogP contribution in [0.1, 0.15) is 9.75 Å². The second-order valence-corrected chi connectivity index (χ2v) is 8.16. The highest BCUT2D eigenvalue weighted by Crippen LogP contribution is 2.18. The smallest absolute Gasteiger partial charge is 0.244 e. The van der Waals surface area contributed by atoms with Crippen LogP contribution in [0.25, 0.3) is 10.9 Å². The Kier molecular flexibility index (Phi) is 5.13. The Morgan fingerprint density at radius 1 is 0.963 bits per heavy atom. The topological polar surface area (TPSA) is 55.2 Å². The first-order chi connectivity index (χ1) is 13.2. The quantitative estimate of drug-likeness (QED) is 0.500. The van der Waals surface area contributed by atoms with Gasteiger partial charge in [0.2, 0.25) is 11.3 Å². The van der Waals surface area contributed by atoms with Crippen LogP contribution in [0.5, 0.6) is 0 Å². The molecule has 0 spiro atoms. The van der Waals surface area contributed by atoms with E-state index in [2.05, 4.69) is 5.10 Å². The summed E-state index contributed by atoms with van der Waals surface area (Å²) in [7, 11) is 0. The monoisotopic (exact) mass is 395 g/mol. The van der Waals surface area contributed by atoms with Crippen molar-refractivity contribution in [2.45, 2.75) is 19.6 Å². The van der Waals surface area contributed by atoms with E-state index in [0.717, 1.165) is 9.75 Å². The summed E-state index contributed by atoms with van der Waals surface area (Å²) < 4.78 is 1.61. The summed E-state index contributed by atoms with van der Waals surface area (Å²) >= 11 is 3.28. The third-order valence-electron chi connectivity index (χ3n) is 4.25. The first-order valence-electron chi connectivity index (χ1n) is 8.48. The minimum atomic E-state index is -0.136. The lowest BCUT2D eigenvalue weighted by Gasteiger charge is -2.22.